The Bertz CT molecular complexity index is 760. The lowest BCUT2D eigenvalue weighted by Crippen LogP contribution is -2.42. The molecule has 4 rings (SSSR count). The van der Waals surface area contributed by atoms with Crippen LogP contribution in [0.25, 0.3) is 0 Å². The van der Waals surface area contributed by atoms with Gasteiger partial charge in [-0.3, -0.25) is 9.78 Å². The van der Waals surface area contributed by atoms with Crippen LogP contribution in [0.1, 0.15) is 46.4 Å². The number of ether oxygens (including phenoxy) is 1. The summed E-state index contributed by atoms with van der Waals surface area (Å²) in [5.74, 6) is 1.10. The molecule has 3 heterocycles. The van der Waals surface area contributed by atoms with E-state index in [0.717, 1.165) is 37.2 Å². The predicted octanol–water partition coefficient (Wildman–Crippen LogP) is 3.42. The minimum absolute atomic E-state index is 0.111. The van der Waals surface area contributed by atoms with Crippen molar-refractivity contribution in [2.75, 3.05) is 19.7 Å². The second-order valence-corrected chi connectivity index (χ2v) is 7.17. The Morgan fingerprint density at radius 2 is 2.12 bits per heavy atom. The molecule has 1 aromatic carbocycles. The molecule has 1 amide bonds. The first kappa shape index (κ1) is 16.3. The largest absolute Gasteiger partial charge is 0.375 e. The van der Waals surface area contributed by atoms with Crippen molar-refractivity contribution < 1.29 is 9.53 Å². The second-order valence-electron chi connectivity index (χ2n) is 7.17. The van der Waals surface area contributed by atoms with E-state index in [9.17, 15) is 4.79 Å². The average molecular weight is 336 g/mol. The maximum absolute atomic E-state index is 12.9. The van der Waals surface area contributed by atoms with Gasteiger partial charge < -0.3 is 9.64 Å². The minimum Gasteiger partial charge on any atom is -0.375 e. The van der Waals surface area contributed by atoms with Gasteiger partial charge in [-0.15, -0.1) is 0 Å². The zero-order valence-corrected chi connectivity index (χ0v) is 14.6. The highest BCUT2D eigenvalue weighted by Crippen LogP contribution is 2.33. The Labute approximate surface area is 148 Å². The molecule has 0 radical (unpaired) electrons. The quantitative estimate of drug-likeness (QED) is 0.844. The fourth-order valence-electron chi connectivity index (χ4n) is 4.06. The Morgan fingerprint density at radius 1 is 1.28 bits per heavy atom. The smallest absolute Gasteiger partial charge is 0.255 e. The van der Waals surface area contributed by atoms with Crippen LogP contribution >= 0.6 is 0 Å². The van der Waals surface area contributed by atoms with E-state index in [0.29, 0.717) is 30.6 Å². The summed E-state index contributed by atoms with van der Waals surface area (Å²) >= 11 is 0. The van der Waals surface area contributed by atoms with E-state index < -0.39 is 0 Å². The maximum Gasteiger partial charge on any atom is 0.255 e. The van der Waals surface area contributed by atoms with Gasteiger partial charge in [0.2, 0.25) is 0 Å². The number of benzene rings is 1. The van der Waals surface area contributed by atoms with Crippen molar-refractivity contribution in [2.24, 2.45) is 5.92 Å². The van der Waals surface area contributed by atoms with Crippen LogP contribution in [-0.2, 0) is 17.8 Å². The van der Waals surface area contributed by atoms with Gasteiger partial charge in [0.1, 0.15) is 0 Å². The van der Waals surface area contributed by atoms with Gasteiger partial charge in [-0.25, -0.2) is 0 Å². The molecule has 25 heavy (non-hydrogen) atoms. The Morgan fingerprint density at radius 3 is 2.92 bits per heavy atom. The van der Waals surface area contributed by atoms with Crippen molar-refractivity contribution >= 4 is 5.91 Å². The highest BCUT2D eigenvalue weighted by Gasteiger charge is 2.30. The number of amides is 1. The van der Waals surface area contributed by atoms with Crippen molar-refractivity contribution in [1.29, 1.82) is 0 Å². The molecular formula is C21H24N2O2. The fourth-order valence-corrected chi connectivity index (χ4v) is 4.06. The molecule has 0 aliphatic carbocycles. The molecule has 2 aliphatic rings. The molecule has 1 fully saturated rings. The molecule has 0 N–H and O–H groups in total. The molecule has 0 spiro atoms. The van der Waals surface area contributed by atoms with Crippen LogP contribution in [0.5, 0.6) is 0 Å². The van der Waals surface area contributed by atoms with Gasteiger partial charge in [0.15, 0.2) is 0 Å². The summed E-state index contributed by atoms with van der Waals surface area (Å²) in [5, 5.41) is 0. The number of hydrogen-bond acceptors (Lipinski definition) is 3. The Balaban J connectivity index is 1.47. The molecule has 1 saturated heterocycles. The summed E-state index contributed by atoms with van der Waals surface area (Å²) in [4.78, 5) is 19.4. The van der Waals surface area contributed by atoms with E-state index in [2.05, 4.69) is 42.2 Å². The molecule has 2 aliphatic heterocycles. The van der Waals surface area contributed by atoms with Gasteiger partial charge in [0, 0.05) is 19.3 Å². The van der Waals surface area contributed by atoms with Gasteiger partial charge in [-0.2, -0.15) is 0 Å². The van der Waals surface area contributed by atoms with Crippen molar-refractivity contribution in [2.45, 2.75) is 32.3 Å². The number of nitrogens with zero attached hydrogens (tertiary/aromatic N) is 2. The Hall–Kier alpha value is -2.20. The predicted molar refractivity (Wildman–Crippen MR) is 96.5 cm³/mol. The number of aromatic nitrogens is 1. The topological polar surface area (TPSA) is 42.4 Å². The first-order chi connectivity index (χ1) is 12.2. The molecule has 2 unspecified atom stereocenters. The van der Waals surface area contributed by atoms with Crippen molar-refractivity contribution in [1.82, 2.24) is 9.88 Å². The molecule has 2 aromatic rings. The standard InChI is InChI=1S/C21H24N2O2/c1-15-13-23(9-7-19(15)16-5-3-2-4-6-16)21(24)18-11-17-8-10-25-14-20(17)22-12-18/h2-6,11-12,15,19H,7-10,13-14H2,1H3. The molecule has 130 valence electrons. The molecule has 0 saturated carbocycles. The van der Waals surface area contributed by atoms with Crippen LogP contribution in [0.2, 0.25) is 0 Å². The molecule has 4 nitrogen and oxygen atoms in total. The van der Waals surface area contributed by atoms with Gasteiger partial charge in [-0.05, 0) is 41.9 Å². The Kier molecular flexibility index (Phi) is 4.53. The second kappa shape index (κ2) is 6.96. The normalized spacial score (nSPS) is 23.2. The van der Waals surface area contributed by atoms with Crippen LogP contribution in [0.4, 0.5) is 0 Å². The molecule has 1 aromatic heterocycles. The van der Waals surface area contributed by atoms with Gasteiger partial charge in [-0.1, -0.05) is 37.3 Å². The van der Waals surface area contributed by atoms with Crippen molar-refractivity contribution in [3.8, 4) is 0 Å². The molecular weight excluding hydrogens is 312 g/mol. The third-order valence-electron chi connectivity index (χ3n) is 5.48. The monoisotopic (exact) mass is 336 g/mol. The summed E-state index contributed by atoms with van der Waals surface area (Å²) in [5.41, 5.74) is 4.23. The summed E-state index contributed by atoms with van der Waals surface area (Å²) < 4.78 is 5.42. The zero-order valence-electron chi connectivity index (χ0n) is 14.6. The van der Waals surface area contributed by atoms with E-state index >= 15 is 0 Å². The van der Waals surface area contributed by atoms with E-state index in [1.54, 1.807) is 6.20 Å². The zero-order chi connectivity index (χ0) is 17.2. The third-order valence-corrected chi connectivity index (χ3v) is 5.48. The number of likely N-dealkylation sites (tertiary alicyclic amines) is 1. The van der Waals surface area contributed by atoms with Crippen molar-refractivity contribution in [3.05, 3.63) is 65.0 Å². The maximum atomic E-state index is 12.9. The SMILES string of the molecule is CC1CN(C(=O)c2cnc3c(c2)CCOC3)CCC1c1ccccc1. The number of piperidine rings is 1. The van der Waals surface area contributed by atoms with Crippen LogP contribution < -0.4 is 0 Å². The van der Waals surface area contributed by atoms with E-state index in [-0.39, 0.29) is 5.91 Å². The number of pyridine rings is 1. The number of carbonyl (C=O) groups is 1. The molecule has 4 heteroatoms. The third kappa shape index (κ3) is 3.31. The summed E-state index contributed by atoms with van der Waals surface area (Å²) in [7, 11) is 0. The van der Waals surface area contributed by atoms with E-state index in [1.807, 2.05) is 11.0 Å². The first-order valence-corrected chi connectivity index (χ1v) is 9.12. The van der Waals surface area contributed by atoms with Crippen LogP contribution in [0.15, 0.2) is 42.6 Å². The highest BCUT2D eigenvalue weighted by molar-refractivity contribution is 5.94. The molecule has 2 atom stereocenters. The van der Waals surface area contributed by atoms with Gasteiger partial charge in [0.25, 0.3) is 5.91 Å². The van der Waals surface area contributed by atoms with Gasteiger partial charge in [0.05, 0.1) is 24.5 Å². The van der Waals surface area contributed by atoms with Gasteiger partial charge >= 0.3 is 0 Å². The number of hydrogen-bond donors (Lipinski definition) is 0. The van der Waals surface area contributed by atoms with E-state index in [4.69, 9.17) is 4.74 Å². The van der Waals surface area contributed by atoms with Crippen LogP contribution in [0, 0.1) is 5.92 Å². The van der Waals surface area contributed by atoms with E-state index in [1.165, 1.54) is 5.56 Å². The first-order valence-electron chi connectivity index (χ1n) is 9.12. The minimum atomic E-state index is 0.111. The van der Waals surface area contributed by atoms with Crippen molar-refractivity contribution in [3.63, 3.8) is 0 Å². The summed E-state index contributed by atoms with van der Waals surface area (Å²) in [6.45, 7) is 5.14. The fraction of sp³-hybridized carbons (Fsp3) is 0.429. The number of fused-ring (bicyclic) bond motifs is 1. The van der Waals surface area contributed by atoms with Crippen LogP contribution in [0.3, 0.4) is 0 Å². The highest BCUT2D eigenvalue weighted by atomic mass is 16.5. The van der Waals surface area contributed by atoms with Crippen LogP contribution in [-0.4, -0.2) is 35.5 Å². The molecule has 0 bridgehead atoms. The lowest BCUT2D eigenvalue weighted by molar-refractivity contribution is 0.0659. The summed E-state index contributed by atoms with van der Waals surface area (Å²) in [6.07, 6.45) is 3.57. The average Bonchev–Trinajstić information content (AvgIpc) is 2.67. The number of rotatable bonds is 2. The lowest BCUT2D eigenvalue weighted by atomic mass is 9.81. The summed E-state index contributed by atoms with van der Waals surface area (Å²) in [6, 6.07) is 12.7. The number of carbonyl (C=O) groups excluding carboxylic acids is 1. The lowest BCUT2D eigenvalue weighted by Gasteiger charge is -2.37.